The number of nitrogens with zero attached hydrogens (tertiary/aromatic N) is 1. The van der Waals surface area contributed by atoms with Gasteiger partial charge in [0.2, 0.25) is 0 Å². The Labute approximate surface area is 244 Å². The van der Waals surface area contributed by atoms with E-state index in [0.717, 1.165) is 17.8 Å². The summed E-state index contributed by atoms with van der Waals surface area (Å²) in [7, 11) is 0. The monoisotopic (exact) mass is 529 g/mol. The Balaban J connectivity index is 1.51. The number of aliphatic imine (C=N–C) groups is 1. The Morgan fingerprint density at radius 3 is 1.59 bits per heavy atom. The molecule has 200 valence electrons. The van der Waals surface area contributed by atoms with Crippen LogP contribution in [0.25, 0.3) is 28.0 Å². The highest BCUT2D eigenvalue weighted by Gasteiger charge is 2.51. The number of benzene rings is 5. The highest BCUT2D eigenvalue weighted by atomic mass is 14.8. The fourth-order valence-electron chi connectivity index (χ4n) is 7.07. The van der Waals surface area contributed by atoms with Crippen molar-refractivity contribution in [1.29, 1.82) is 0 Å². The zero-order valence-corrected chi connectivity index (χ0v) is 24.3. The van der Waals surface area contributed by atoms with Gasteiger partial charge in [0.25, 0.3) is 0 Å². The lowest BCUT2D eigenvalue weighted by Gasteiger charge is -2.31. The summed E-state index contributed by atoms with van der Waals surface area (Å²) in [6.45, 7) is 8.96. The van der Waals surface area contributed by atoms with E-state index >= 15 is 0 Å². The van der Waals surface area contributed by atoms with Gasteiger partial charge in [-0.3, -0.25) is 4.99 Å². The number of hydrogen-bond acceptors (Lipinski definition) is 1. The predicted octanol–water partition coefficient (Wildman–Crippen LogP) is 10.3. The van der Waals surface area contributed by atoms with E-state index in [1.54, 1.807) is 0 Å². The van der Waals surface area contributed by atoms with E-state index in [-0.39, 0.29) is 11.3 Å². The molecule has 2 aliphatic rings. The Morgan fingerprint density at radius 1 is 0.585 bits per heavy atom. The maximum atomic E-state index is 5.46. The van der Waals surface area contributed by atoms with Gasteiger partial charge in [0, 0.05) is 5.56 Å². The highest BCUT2D eigenvalue weighted by Crippen LogP contribution is 2.62. The first-order valence-corrected chi connectivity index (χ1v) is 14.8. The lowest BCUT2D eigenvalue weighted by atomic mass is 9.70. The minimum atomic E-state index is -0.339. The van der Waals surface area contributed by atoms with E-state index < -0.39 is 0 Å². The first-order valence-electron chi connectivity index (χ1n) is 14.8. The van der Waals surface area contributed by atoms with Crippen molar-refractivity contribution in [1.82, 2.24) is 0 Å². The molecular weight excluding hydrogens is 494 g/mol. The molecule has 0 fully saturated rings. The van der Waals surface area contributed by atoms with Crippen LogP contribution in [0.5, 0.6) is 0 Å². The van der Waals surface area contributed by atoms with Crippen LogP contribution >= 0.6 is 0 Å². The van der Waals surface area contributed by atoms with Crippen molar-refractivity contribution in [2.24, 2.45) is 10.9 Å². The van der Waals surface area contributed by atoms with Crippen LogP contribution < -0.4 is 0 Å². The van der Waals surface area contributed by atoms with Crippen molar-refractivity contribution in [3.8, 4) is 22.3 Å². The van der Waals surface area contributed by atoms with Crippen molar-refractivity contribution < 1.29 is 0 Å². The summed E-state index contributed by atoms with van der Waals surface area (Å²) in [5, 5.41) is 0. The SMILES string of the molecule is CC/C(C)=C(/N=C(c1ccc2c(c1)C1(c3ccccc3-c3ccccc31)c1ccccc1-2)C(C)C)c1ccccc1. The number of fused-ring (bicyclic) bond motifs is 10. The summed E-state index contributed by atoms with van der Waals surface area (Å²) in [4.78, 5) is 5.46. The molecule has 1 heteroatoms. The van der Waals surface area contributed by atoms with Crippen molar-refractivity contribution in [3.63, 3.8) is 0 Å². The first kappa shape index (κ1) is 25.5. The van der Waals surface area contributed by atoms with Crippen LogP contribution in [0, 0.1) is 5.92 Å². The Kier molecular flexibility index (Phi) is 6.12. The van der Waals surface area contributed by atoms with Crippen LogP contribution in [0.1, 0.15) is 67.5 Å². The minimum absolute atomic E-state index is 0.263. The molecule has 0 bridgehead atoms. The maximum absolute atomic E-state index is 5.46. The molecule has 0 heterocycles. The van der Waals surface area contributed by atoms with Crippen molar-refractivity contribution in [3.05, 3.63) is 160 Å². The number of rotatable bonds is 5. The molecule has 5 aromatic rings. The molecule has 0 radical (unpaired) electrons. The van der Waals surface area contributed by atoms with Gasteiger partial charge in [-0.2, -0.15) is 0 Å². The summed E-state index contributed by atoms with van der Waals surface area (Å²) >= 11 is 0. The Hall–Kier alpha value is -4.49. The van der Waals surface area contributed by atoms with E-state index in [1.807, 2.05) is 0 Å². The fourth-order valence-corrected chi connectivity index (χ4v) is 7.07. The Morgan fingerprint density at radius 2 is 1.07 bits per heavy atom. The molecule has 2 aliphatic carbocycles. The van der Waals surface area contributed by atoms with Gasteiger partial charge in [0.15, 0.2) is 0 Å². The van der Waals surface area contributed by atoms with Gasteiger partial charge in [-0.15, -0.1) is 0 Å². The molecule has 7 rings (SSSR count). The van der Waals surface area contributed by atoms with Crippen LogP contribution in [0.2, 0.25) is 0 Å². The van der Waals surface area contributed by atoms with Gasteiger partial charge in [0.05, 0.1) is 16.8 Å². The smallest absolute Gasteiger partial charge is 0.0725 e. The van der Waals surface area contributed by atoms with Crippen LogP contribution in [0.4, 0.5) is 0 Å². The predicted molar refractivity (Wildman–Crippen MR) is 173 cm³/mol. The van der Waals surface area contributed by atoms with Crippen molar-refractivity contribution in [2.45, 2.75) is 39.5 Å². The van der Waals surface area contributed by atoms with E-state index in [2.05, 4.69) is 149 Å². The van der Waals surface area contributed by atoms with Gasteiger partial charge < -0.3 is 0 Å². The molecule has 0 N–H and O–H groups in total. The second-order valence-electron chi connectivity index (χ2n) is 11.6. The van der Waals surface area contributed by atoms with Gasteiger partial charge in [-0.05, 0) is 81.0 Å². The zero-order valence-electron chi connectivity index (χ0n) is 24.3. The molecule has 0 saturated heterocycles. The summed E-state index contributed by atoms with van der Waals surface area (Å²) in [5.74, 6) is 0.263. The zero-order chi connectivity index (χ0) is 28.1. The normalized spacial score (nSPS) is 14.9. The summed E-state index contributed by atoms with van der Waals surface area (Å²) in [6, 6.07) is 44.7. The summed E-state index contributed by atoms with van der Waals surface area (Å²) in [6.07, 6.45) is 0.968. The number of allylic oxidation sites excluding steroid dienone is 1. The molecule has 41 heavy (non-hydrogen) atoms. The molecule has 1 nitrogen and oxygen atoms in total. The third kappa shape index (κ3) is 3.72. The van der Waals surface area contributed by atoms with Crippen LogP contribution in [0.3, 0.4) is 0 Å². The van der Waals surface area contributed by atoms with Crippen LogP contribution in [0.15, 0.2) is 132 Å². The van der Waals surface area contributed by atoms with Crippen molar-refractivity contribution >= 4 is 11.4 Å². The average Bonchev–Trinajstić information content (AvgIpc) is 3.48. The molecule has 0 saturated carbocycles. The molecule has 1 spiro atoms. The van der Waals surface area contributed by atoms with E-state index in [1.165, 1.54) is 61.2 Å². The largest absolute Gasteiger partial charge is 0.252 e. The fraction of sp³-hybridized carbons (Fsp3) is 0.175. The highest BCUT2D eigenvalue weighted by molar-refractivity contribution is 6.06. The second kappa shape index (κ2) is 9.85. The molecule has 0 aliphatic heterocycles. The molecule has 0 amide bonds. The standard InChI is InChI=1S/C40H35N/c1-5-27(4)39(28-15-7-6-8-16-28)41-38(26(2)3)29-23-24-33-32-19-11-14-22-36(32)40(37(33)25-29)34-20-12-9-17-30(34)31-18-10-13-21-35(31)40/h6-26H,5H2,1-4H3/b39-27+,41-38?. The molecule has 0 aromatic heterocycles. The minimum Gasteiger partial charge on any atom is -0.252 e. The first-order chi connectivity index (χ1) is 20.1. The van der Waals surface area contributed by atoms with E-state index in [0.29, 0.717) is 0 Å². The lowest BCUT2D eigenvalue weighted by Crippen LogP contribution is -2.26. The van der Waals surface area contributed by atoms with E-state index in [9.17, 15) is 0 Å². The lowest BCUT2D eigenvalue weighted by molar-refractivity contribution is 0.792. The molecule has 0 unspecified atom stereocenters. The third-order valence-corrected chi connectivity index (χ3v) is 9.05. The average molecular weight is 530 g/mol. The summed E-state index contributed by atoms with van der Waals surface area (Å²) < 4.78 is 0. The van der Waals surface area contributed by atoms with Gasteiger partial charge in [0.1, 0.15) is 0 Å². The van der Waals surface area contributed by atoms with Crippen LogP contribution in [-0.4, -0.2) is 5.71 Å². The maximum Gasteiger partial charge on any atom is 0.0725 e. The quantitative estimate of drug-likeness (QED) is 0.197. The molecule has 5 aromatic carbocycles. The molecular formula is C40H35N. The summed E-state index contributed by atoms with van der Waals surface area (Å²) in [5.41, 5.74) is 16.4. The van der Waals surface area contributed by atoms with Gasteiger partial charge >= 0.3 is 0 Å². The number of hydrogen-bond donors (Lipinski definition) is 0. The van der Waals surface area contributed by atoms with E-state index in [4.69, 9.17) is 4.99 Å². The molecule has 0 atom stereocenters. The third-order valence-electron chi connectivity index (χ3n) is 9.05. The van der Waals surface area contributed by atoms with Gasteiger partial charge in [-0.1, -0.05) is 136 Å². The topological polar surface area (TPSA) is 12.4 Å². The second-order valence-corrected chi connectivity index (χ2v) is 11.6. The Bertz CT molecular complexity index is 1790. The van der Waals surface area contributed by atoms with Crippen LogP contribution in [-0.2, 0) is 5.41 Å². The van der Waals surface area contributed by atoms with Crippen molar-refractivity contribution in [2.75, 3.05) is 0 Å². The van der Waals surface area contributed by atoms with Gasteiger partial charge in [-0.25, -0.2) is 0 Å².